The van der Waals surface area contributed by atoms with E-state index in [-0.39, 0.29) is 12.1 Å². The van der Waals surface area contributed by atoms with E-state index in [2.05, 4.69) is 37.8 Å². The number of rotatable bonds is 3. The van der Waals surface area contributed by atoms with Gasteiger partial charge in [-0.15, -0.1) is 0 Å². The Hall–Kier alpha value is -1.09. The minimum atomic E-state index is -0.266. The summed E-state index contributed by atoms with van der Waals surface area (Å²) in [6.45, 7) is 8.65. The van der Waals surface area contributed by atoms with Gasteiger partial charge in [-0.3, -0.25) is 4.90 Å². The molecule has 106 valence electrons. The van der Waals surface area contributed by atoms with Crippen LogP contribution >= 0.6 is 0 Å². The van der Waals surface area contributed by atoms with Crippen molar-refractivity contribution in [3.8, 4) is 5.75 Å². The number of benzene rings is 1. The first-order chi connectivity index (χ1) is 8.95. The minimum Gasteiger partial charge on any atom is -0.496 e. The van der Waals surface area contributed by atoms with E-state index in [1.54, 1.807) is 7.11 Å². The molecule has 0 unspecified atom stereocenters. The van der Waals surface area contributed by atoms with Crippen molar-refractivity contribution >= 4 is 0 Å². The molecule has 2 nitrogen and oxygen atoms in total. The summed E-state index contributed by atoms with van der Waals surface area (Å²) in [5.41, 5.74) is 3.96. The van der Waals surface area contributed by atoms with Crippen molar-refractivity contribution in [1.82, 2.24) is 4.90 Å². The molecule has 0 aliphatic carbocycles. The first-order valence-electron chi connectivity index (χ1n) is 6.94. The van der Waals surface area contributed by atoms with Crippen LogP contribution in [-0.2, 0) is 18.4 Å². The highest BCUT2D eigenvalue weighted by Gasteiger charge is 2.24. The number of nitrogens with zero attached hydrogens (tertiary/aromatic N) is 1. The number of fused-ring (bicyclic) bond motifs is 1. The van der Waals surface area contributed by atoms with Crippen molar-refractivity contribution in [3.05, 3.63) is 28.8 Å². The molecule has 1 aromatic rings. The van der Waals surface area contributed by atoms with E-state index in [1.807, 2.05) is 0 Å². The van der Waals surface area contributed by atoms with Gasteiger partial charge in [0.15, 0.2) is 0 Å². The first kappa shape index (κ1) is 14.3. The molecule has 1 aliphatic heterocycles. The summed E-state index contributed by atoms with van der Waals surface area (Å²) < 4.78 is 18.0. The van der Waals surface area contributed by atoms with Gasteiger partial charge in [0.25, 0.3) is 0 Å². The lowest BCUT2D eigenvalue weighted by Gasteiger charge is -2.31. The SMILES string of the molecule is COc1cc2c(cc1C(C)(C)C)CN(CCF)CC2. The molecule has 1 aliphatic rings. The summed E-state index contributed by atoms with van der Waals surface area (Å²) in [4.78, 5) is 2.18. The molecule has 2 rings (SSSR count). The Kier molecular flexibility index (Phi) is 4.14. The summed E-state index contributed by atoms with van der Waals surface area (Å²) in [6.07, 6.45) is 0.982. The van der Waals surface area contributed by atoms with E-state index in [0.717, 1.165) is 25.3 Å². The minimum absolute atomic E-state index is 0.0583. The molecule has 0 bridgehead atoms. The standard InChI is InChI=1S/C16H24FNO/c1-16(2,3)14-9-13-11-18(8-6-17)7-5-12(13)10-15(14)19-4/h9-10H,5-8,11H2,1-4H3. The maximum Gasteiger partial charge on any atom is 0.122 e. The molecule has 0 aromatic heterocycles. The number of alkyl halides is 1. The number of hydrogen-bond donors (Lipinski definition) is 0. The summed E-state index contributed by atoms with van der Waals surface area (Å²) >= 11 is 0. The Morgan fingerprint density at radius 1 is 1.26 bits per heavy atom. The number of halogens is 1. The van der Waals surface area contributed by atoms with Gasteiger partial charge in [0.05, 0.1) is 7.11 Å². The van der Waals surface area contributed by atoms with Crippen LogP contribution in [0.5, 0.6) is 5.75 Å². The summed E-state index contributed by atoms with van der Waals surface area (Å²) in [5, 5.41) is 0. The fourth-order valence-electron chi connectivity index (χ4n) is 2.71. The second kappa shape index (κ2) is 5.49. The number of methoxy groups -OCH3 is 1. The third kappa shape index (κ3) is 3.08. The van der Waals surface area contributed by atoms with Gasteiger partial charge in [-0.2, -0.15) is 0 Å². The molecule has 0 saturated heterocycles. The van der Waals surface area contributed by atoms with Crippen molar-refractivity contribution < 1.29 is 9.13 Å². The molecule has 0 amide bonds. The van der Waals surface area contributed by atoms with Gasteiger partial charge in [-0.05, 0) is 34.6 Å². The van der Waals surface area contributed by atoms with E-state index >= 15 is 0 Å². The van der Waals surface area contributed by atoms with Crippen molar-refractivity contribution in [3.63, 3.8) is 0 Å². The Balaban J connectivity index is 2.36. The molecule has 19 heavy (non-hydrogen) atoms. The lowest BCUT2D eigenvalue weighted by Crippen LogP contribution is -2.32. The Morgan fingerprint density at radius 3 is 2.58 bits per heavy atom. The number of hydrogen-bond acceptors (Lipinski definition) is 2. The predicted molar refractivity (Wildman–Crippen MR) is 76.7 cm³/mol. The molecule has 0 N–H and O–H groups in total. The van der Waals surface area contributed by atoms with E-state index in [9.17, 15) is 4.39 Å². The summed E-state index contributed by atoms with van der Waals surface area (Å²) in [5.74, 6) is 0.977. The lowest BCUT2D eigenvalue weighted by molar-refractivity contribution is 0.230. The van der Waals surface area contributed by atoms with Gasteiger partial charge in [0.2, 0.25) is 0 Å². The Morgan fingerprint density at radius 2 is 2.00 bits per heavy atom. The van der Waals surface area contributed by atoms with Crippen molar-refractivity contribution in [1.29, 1.82) is 0 Å². The van der Waals surface area contributed by atoms with E-state index in [4.69, 9.17) is 4.74 Å². The highest BCUT2D eigenvalue weighted by atomic mass is 19.1. The van der Waals surface area contributed by atoms with Gasteiger partial charge in [-0.25, -0.2) is 4.39 Å². The topological polar surface area (TPSA) is 12.5 Å². The van der Waals surface area contributed by atoms with Gasteiger partial charge in [0.1, 0.15) is 12.4 Å². The quantitative estimate of drug-likeness (QED) is 0.831. The van der Waals surface area contributed by atoms with Crippen LogP contribution in [0.1, 0.15) is 37.5 Å². The van der Waals surface area contributed by atoms with Gasteiger partial charge < -0.3 is 4.74 Å². The van der Waals surface area contributed by atoms with Crippen LogP contribution in [0, 0.1) is 0 Å². The second-order valence-electron chi connectivity index (χ2n) is 6.29. The average Bonchev–Trinajstić information content (AvgIpc) is 2.36. The van der Waals surface area contributed by atoms with E-state index in [0.29, 0.717) is 6.54 Å². The van der Waals surface area contributed by atoms with Gasteiger partial charge in [0, 0.05) is 19.6 Å². The first-order valence-corrected chi connectivity index (χ1v) is 6.94. The molecule has 0 fully saturated rings. The zero-order chi connectivity index (χ0) is 14.0. The average molecular weight is 265 g/mol. The van der Waals surface area contributed by atoms with Crippen LogP contribution < -0.4 is 4.74 Å². The molecule has 1 heterocycles. The molecule has 1 aromatic carbocycles. The van der Waals surface area contributed by atoms with Crippen LogP contribution in [0.4, 0.5) is 4.39 Å². The molecular weight excluding hydrogens is 241 g/mol. The molecule has 0 saturated carbocycles. The van der Waals surface area contributed by atoms with Crippen LogP contribution in [-0.4, -0.2) is 31.8 Å². The maximum atomic E-state index is 12.5. The zero-order valence-corrected chi connectivity index (χ0v) is 12.4. The van der Waals surface area contributed by atoms with E-state index < -0.39 is 0 Å². The maximum absolute atomic E-state index is 12.5. The fraction of sp³-hybridized carbons (Fsp3) is 0.625. The van der Waals surface area contributed by atoms with Crippen molar-refractivity contribution in [2.24, 2.45) is 0 Å². The second-order valence-corrected chi connectivity index (χ2v) is 6.29. The summed E-state index contributed by atoms with van der Waals surface area (Å²) in [7, 11) is 1.73. The van der Waals surface area contributed by atoms with Gasteiger partial charge in [-0.1, -0.05) is 26.8 Å². The van der Waals surface area contributed by atoms with E-state index in [1.165, 1.54) is 16.7 Å². The van der Waals surface area contributed by atoms with Crippen LogP contribution in [0.15, 0.2) is 12.1 Å². The lowest BCUT2D eigenvalue weighted by atomic mass is 9.83. The molecule has 0 radical (unpaired) electrons. The third-order valence-electron chi connectivity index (χ3n) is 3.82. The highest BCUT2D eigenvalue weighted by molar-refractivity contribution is 5.46. The smallest absolute Gasteiger partial charge is 0.122 e. The Labute approximate surface area is 115 Å². The van der Waals surface area contributed by atoms with Crippen LogP contribution in [0.3, 0.4) is 0 Å². The molecular formula is C16H24FNO. The fourth-order valence-corrected chi connectivity index (χ4v) is 2.71. The van der Waals surface area contributed by atoms with Crippen LogP contribution in [0.2, 0.25) is 0 Å². The molecule has 3 heteroatoms. The Bertz CT molecular complexity index is 451. The largest absolute Gasteiger partial charge is 0.496 e. The van der Waals surface area contributed by atoms with Crippen LogP contribution in [0.25, 0.3) is 0 Å². The zero-order valence-electron chi connectivity index (χ0n) is 12.4. The predicted octanol–water partition coefficient (Wildman–Crippen LogP) is 3.32. The third-order valence-corrected chi connectivity index (χ3v) is 3.82. The normalized spacial score (nSPS) is 16.3. The van der Waals surface area contributed by atoms with Crippen molar-refractivity contribution in [2.45, 2.75) is 39.2 Å². The summed E-state index contributed by atoms with van der Waals surface area (Å²) in [6, 6.07) is 4.42. The molecule has 0 atom stereocenters. The monoisotopic (exact) mass is 265 g/mol. The highest BCUT2D eigenvalue weighted by Crippen LogP contribution is 2.35. The van der Waals surface area contributed by atoms with Crippen molar-refractivity contribution in [2.75, 3.05) is 26.9 Å². The number of ether oxygens (including phenoxy) is 1. The molecule has 0 spiro atoms. The van der Waals surface area contributed by atoms with Gasteiger partial charge >= 0.3 is 0 Å².